The van der Waals surface area contributed by atoms with Gasteiger partial charge in [0.05, 0.1) is 17.6 Å². The molecule has 1 heterocycles. The van der Waals surface area contributed by atoms with Crippen LogP contribution in [0.2, 0.25) is 0 Å². The van der Waals surface area contributed by atoms with Gasteiger partial charge in [-0.15, -0.1) is 12.4 Å². The van der Waals surface area contributed by atoms with Crippen molar-refractivity contribution in [1.82, 2.24) is 9.80 Å². The molecule has 0 aromatic heterocycles. The predicted octanol–water partition coefficient (Wildman–Crippen LogP) is 3.27. The number of nitro benzene ring substituents is 1. The summed E-state index contributed by atoms with van der Waals surface area (Å²) in [5.74, 6) is -1.05. The van der Waals surface area contributed by atoms with Crippen LogP contribution in [0.5, 0.6) is 0 Å². The first-order chi connectivity index (χ1) is 14.5. The fourth-order valence-corrected chi connectivity index (χ4v) is 3.29. The first-order valence-corrected chi connectivity index (χ1v) is 9.59. The minimum absolute atomic E-state index is 0. The molecule has 0 aliphatic carbocycles. The molecule has 0 saturated carbocycles. The van der Waals surface area contributed by atoms with Crippen LogP contribution in [-0.2, 0) is 4.74 Å². The number of halogens is 1. The van der Waals surface area contributed by atoms with E-state index in [1.54, 1.807) is 4.90 Å². The van der Waals surface area contributed by atoms with E-state index in [9.17, 15) is 19.7 Å². The molecule has 0 atom stereocenters. The number of rotatable bonds is 6. The number of nitrogens with zero attached hydrogens (tertiary/aromatic N) is 3. The third-order valence-corrected chi connectivity index (χ3v) is 4.93. The molecule has 0 bridgehead atoms. The van der Waals surface area contributed by atoms with Crippen molar-refractivity contribution in [1.29, 1.82) is 0 Å². The minimum Gasteiger partial charge on any atom is -0.465 e. The average Bonchev–Trinajstić information content (AvgIpc) is 2.79. The smallest absolute Gasteiger partial charge is 0.338 e. The van der Waals surface area contributed by atoms with Gasteiger partial charge in [-0.3, -0.25) is 19.8 Å². The van der Waals surface area contributed by atoms with Gasteiger partial charge in [0, 0.05) is 50.4 Å². The van der Waals surface area contributed by atoms with Crippen LogP contribution in [0, 0.1) is 10.1 Å². The van der Waals surface area contributed by atoms with Crippen LogP contribution in [-0.4, -0.2) is 66.4 Å². The Balaban J connectivity index is 0.00000341. The number of esters is 1. The number of piperazine rings is 1. The van der Waals surface area contributed by atoms with E-state index in [0.717, 1.165) is 18.2 Å². The van der Waals surface area contributed by atoms with Gasteiger partial charge in [0.15, 0.2) is 0 Å². The first-order valence-electron chi connectivity index (χ1n) is 9.59. The maximum atomic E-state index is 12.9. The van der Waals surface area contributed by atoms with Gasteiger partial charge in [-0.1, -0.05) is 42.5 Å². The van der Waals surface area contributed by atoms with Gasteiger partial charge in [0.25, 0.3) is 11.6 Å². The van der Waals surface area contributed by atoms with Gasteiger partial charge in [0.1, 0.15) is 0 Å². The number of carbonyl (C=O) groups excluding carboxylic acids is 2. The number of ether oxygens (including phenoxy) is 1. The molecule has 0 unspecified atom stereocenters. The molecule has 2 aromatic carbocycles. The zero-order valence-corrected chi connectivity index (χ0v) is 17.9. The highest BCUT2D eigenvalue weighted by Crippen LogP contribution is 2.20. The quantitative estimate of drug-likeness (QED) is 0.385. The first kappa shape index (κ1) is 24.0. The van der Waals surface area contributed by atoms with Crippen LogP contribution in [0.4, 0.5) is 5.69 Å². The van der Waals surface area contributed by atoms with Crippen molar-refractivity contribution >= 4 is 36.0 Å². The second-order valence-electron chi connectivity index (χ2n) is 6.92. The molecule has 3 rings (SSSR count). The molecular weight excluding hydrogens is 422 g/mol. The van der Waals surface area contributed by atoms with Crippen molar-refractivity contribution in [3.05, 3.63) is 81.4 Å². The van der Waals surface area contributed by atoms with Gasteiger partial charge in [-0.25, -0.2) is 4.79 Å². The Labute approximate surface area is 186 Å². The Bertz CT molecular complexity index is 957. The van der Waals surface area contributed by atoms with E-state index in [1.807, 2.05) is 30.3 Å². The largest absolute Gasteiger partial charge is 0.465 e. The lowest BCUT2D eigenvalue weighted by Crippen LogP contribution is -2.48. The number of amides is 1. The van der Waals surface area contributed by atoms with Crippen molar-refractivity contribution in [2.45, 2.75) is 0 Å². The molecule has 1 aliphatic rings. The van der Waals surface area contributed by atoms with Crippen LogP contribution in [0.1, 0.15) is 26.3 Å². The fraction of sp³-hybridized carbons (Fsp3) is 0.273. The summed E-state index contributed by atoms with van der Waals surface area (Å²) in [5.41, 5.74) is 0.922. The van der Waals surface area contributed by atoms with Crippen LogP contribution >= 0.6 is 12.4 Å². The highest BCUT2D eigenvalue weighted by Gasteiger charge is 2.24. The number of nitro groups is 1. The lowest BCUT2D eigenvalue weighted by Gasteiger charge is -2.34. The van der Waals surface area contributed by atoms with E-state index in [1.165, 1.54) is 19.2 Å². The molecule has 0 radical (unpaired) electrons. The summed E-state index contributed by atoms with van der Waals surface area (Å²) in [4.78, 5) is 39.1. The van der Waals surface area contributed by atoms with E-state index in [-0.39, 0.29) is 35.1 Å². The summed E-state index contributed by atoms with van der Waals surface area (Å²) < 4.78 is 4.64. The van der Waals surface area contributed by atoms with Crippen LogP contribution in [0.15, 0.2) is 54.6 Å². The highest BCUT2D eigenvalue weighted by molar-refractivity contribution is 5.99. The number of methoxy groups -OCH3 is 1. The van der Waals surface area contributed by atoms with E-state index in [2.05, 4.69) is 21.8 Å². The second-order valence-corrected chi connectivity index (χ2v) is 6.92. The van der Waals surface area contributed by atoms with Gasteiger partial charge in [-0.05, 0) is 11.6 Å². The fourth-order valence-electron chi connectivity index (χ4n) is 3.29. The van der Waals surface area contributed by atoms with Crippen LogP contribution in [0.3, 0.4) is 0 Å². The van der Waals surface area contributed by atoms with Crippen molar-refractivity contribution < 1.29 is 19.2 Å². The number of carbonyl (C=O) groups is 2. The third-order valence-electron chi connectivity index (χ3n) is 4.93. The molecule has 1 amide bonds. The second kappa shape index (κ2) is 11.2. The molecular formula is C22H24ClN3O5. The number of benzene rings is 2. The molecule has 9 heteroatoms. The summed E-state index contributed by atoms with van der Waals surface area (Å²) in [6.07, 6.45) is 4.16. The number of hydrogen-bond acceptors (Lipinski definition) is 6. The van der Waals surface area contributed by atoms with E-state index in [4.69, 9.17) is 0 Å². The highest BCUT2D eigenvalue weighted by atomic mass is 35.5. The Kier molecular flexibility index (Phi) is 8.72. The molecule has 8 nitrogen and oxygen atoms in total. The van der Waals surface area contributed by atoms with Crippen molar-refractivity contribution in [3.8, 4) is 0 Å². The van der Waals surface area contributed by atoms with Crippen molar-refractivity contribution in [2.75, 3.05) is 39.8 Å². The third kappa shape index (κ3) is 6.37. The molecule has 2 aromatic rings. The predicted molar refractivity (Wildman–Crippen MR) is 120 cm³/mol. The Hall–Kier alpha value is -3.23. The topological polar surface area (TPSA) is 93.0 Å². The van der Waals surface area contributed by atoms with E-state index in [0.29, 0.717) is 26.2 Å². The van der Waals surface area contributed by atoms with Gasteiger partial charge in [-0.2, -0.15) is 0 Å². The normalized spacial score (nSPS) is 14.2. The van der Waals surface area contributed by atoms with Crippen LogP contribution in [0.25, 0.3) is 6.08 Å². The molecule has 1 fully saturated rings. The van der Waals surface area contributed by atoms with Gasteiger partial charge >= 0.3 is 5.97 Å². The van der Waals surface area contributed by atoms with E-state index < -0.39 is 10.9 Å². The van der Waals surface area contributed by atoms with Gasteiger partial charge in [0.2, 0.25) is 0 Å². The maximum absolute atomic E-state index is 12.9. The molecule has 1 aliphatic heterocycles. The van der Waals surface area contributed by atoms with Crippen molar-refractivity contribution in [3.63, 3.8) is 0 Å². The van der Waals surface area contributed by atoms with E-state index >= 15 is 0 Å². The lowest BCUT2D eigenvalue weighted by molar-refractivity contribution is -0.384. The Morgan fingerprint density at radius 3 is 2.32 bits per heavy atom. The maximum Gasteiger partial charge on any atom is 0.338 e. The summed E-state index contributed by atoms with van der Waals surface area (Å²) in [7, 11) is 1.19. The molecule has 164 valence electrons. The Morgan fingerprint density at radius 1 is 1.06 bits per heavy atom. The standard InChI is InChI=1S/C22H23N3O5.ClH/c1-30-22(27)19-14-18(15-20(16-19)25(28)29)21(26)24-12-10-23(11-13-24)9-5-8-17-6-3-2-4-7-17;/h2-8,14-16H,9-13H2,1H3;1H/b8-5+;. The van der Waals surface area contributed by atoms with Crippen molar-refractivity contribution in [2.24, 2.45) is 0 Å². The summed E-state index contributed by atoms with van der Waals surface area (Å²) in [6, 6.07) is 13.7. The minimum atomic E-state index is -0.720. The SMILES string of the molecule is COC(=O)c1cc(C(=O)N2CCN(C/C=C/c3ccccc3)CC2)cc([N+](=O)[O-])c1.Cl. The summed E-state index contributed by atoms with van der Waals surface area (Å²) in [6.45, 7) is 3.19. The Morgan fingerprint density at radius 2 is 1.71 bits per heavy atom. The van der Waals surface area contributed by atoms with Gasteiger partial charge < -0.3 is 9.64 Å². The molecule has 0 spiro atoms. The molecule has 31 heavy (non-hydrogen) atoms. The summed E-state index contributed by atoms with van der Waals surface area (Å²) >= 11 is 0. The zero-order chi connectivity index (χ0) is 21.5. The average molecular weight is 446 g/mol. The zero-order valence-electron chi connectivity index (χ0n) is 17.1. The lowest BCUT2D eigenvalue weighted by atomic mass is 10.1. The van der Waals surface area contributed by atoms with Crippen LogP contribution < -0.4 is 0 Å². The number of hydrogen-bond donors (Lipinski definition) is 0. The molecule has 1 saturated heterocycles. The summed E-state index contributed by atoms with van der Waals surface area (Å²) in [5, 5.41) is 11.2. The monoisotopic (exact) mass is 445 g/mol. The number of non-ortho nitro benzene ring substituents is 1. The molecule has 0 N–H and O–H groups in total.